The summed E-state index contributed by atoms with van der Waals surface area (Å²) in [5, 5.41) is 2.82. The third-order valence-electron chi connectivity index (χ3n) is 4.52. The molecule has 0 saturated carbocycles. The second kappa shape index (κ2) is 6.73. The summed E-state index contributed by atoms with van der Waals surface area (Å²) in [5.41, 5.74) is 3.51. The van der Waals surface area contributed by atoms with Gasteiger partial charge >= 0.3 is 0 Å². The molecule has 1 aliphatic heterocycles. The molecule has 2 aromatic rings. The van der Waals surface area contributed by atoms with Crippen LogP contribution in [0.15, 0.2) is 48.5 Å². The fourth-order valence-electron chi connectivity index (χ4n) is 3.22. The highest BCUT2D eigenvalue weighted by atomic mass is 35.5. The summed E-state index contributed by atoms with van der Waals surface area (Å²) in [6.45, 7) is 4.67. The third kappa shape index (κ3) is 3.41. The lowest BCUT2D eigenvalue weighted by Gasteiger charge is -2.22. The highest BCUT2D eigenvalue weighted by Crippen LogP contribution is 2.31. The molecule has 3 rings (SSSR count). The van der Waals surface area contributed by atoms with Gasteiger partial charge in [-0.05, 0) is 44.0 Å². The van der Waals surface area contributed by atoms with Crippen molar-refractivity contribution in [1.29, 1.82) is 0 Å². The van der Waals surface area contributed by atoms with Crippen LogP contribution in [0.5, 0.6) is 0 Å². The van der Waals surface area contributed by atoms with Crippen molar-refractivity contribution in [1.82, 2.24) is 0 Å². The van der Waals surface area contributed by atoms with Crippen LogP contribution in [0.2, 0.25) is 5.02 Å². The average Bonchev–Trinajstić information content (AvgIpc) is 2.88. The molecule has 2 atom stereocenters. The normalized spacial score (nSPS) is 17.9. The number of halogens is 1. The number of quaternary nitrogens is 1. The average molecular weight is 330 g/mol. The summed E-state index contributed by atoms with van der Waals surface area (Å²) in [4.78, 5) is 14.6. The Bertz CT molecular complexity index is 699. The maximum Gasteiger partial charge on any atom is 0.282 e. The first-order valence-electron chi connectivity index (χ1n) is 8.05. The minimum absolute atomic E-state index is 0.170. The lowest BCUT2D eigenvalue weighted by molar-refractivity contribution is -0.682. The largest absolute Gasteiger partial charge is 0.333 e. The first-order valence-corrected chi connectivity index (χ1v) is 8.43. The van der Waals surface area contributed by atoms with Crippen LogP contribution < -0.4 is 10.2 Å². The minimum atomic E-state index is 0.170. The molecule has 0 bridgehead atoms. The van der Waals surface area contributed by atoms with Gasteiger partial charge in [-0.25, -0.2) is 0 Å². The first kappa shape index (κ1) is 16.0. The molecule has 1 heterocycles. The lowest BCUT2D eigenvalue weighted by Crippen LogP contribution is -2.87. The van der Waals surface area contributed by atoms with E-state index in [1.54, 1.807) is 0 Å². The number of carbonyl (C=O) groups excluding carboxylic acids is 1. The van der Waals surface area contributed by atoms with Gasteiger partial charge in [-0.3, -0.25) is 4.79 Å². The highest BCUT2D eigenvalue weighted by Gasteiger charge is 2.31. The number of para-hydroxylation sites is 1. The number of rotatable bonds is 4. The van der Waals surface area contributed by atoms with Crippen molar-refractivity contribution in [3.8, 4) is 0 Å². The fourth-order valence-corrected chi connectivity index (χ4v) is 3.35. The topological polar surface area (TPSA) is 36.9 Å². The van der Waals surface area contributed by atoms with Crippen molar-refractivity contribution in [2.45, 2.75) is 32.4 Å². The van der Waals surface area contributed by atoms with E-state index in [-0.39, 0.29) is 18.0 Å². The van der Waals surface area contributed by atoms with E-state index in [2.05, 4.69) is 25.2 Å². The summed E-state index contributed by atoms with van der Waals surface area (Å²) in [7, 11) is 0. The van der Waals surface area contributed by atoms with E-state index < -0.39 is 0 Å². The van der Waals surface area contributed by atoms with E-state index in [1.165, 1.54) is 11.1 Å². The zero-order valence-electron chi connectivity index (χ0n) is 13.5. The molecule has 3 nitrogen and oxygen atoms in total. The Morgan fingerprint density at radius 1 is 1.26 bits per heavy atom. The van der Waals surface area contributed by atoms with Crippen molar-refractivity contribution in [2.75, 3.05) is 11.4 Å². The Morgan fingerprint density at radius 3 is 2.70 bits per heavy atom. The van der Waals surface area contributed by atoms with Crippen LogP contribution in [0.25, 0.3) is 0 Å². The van der Waals surface area contributed by atoms with Crippen molar-refractivity contribution in [2.24, 2.45) is 0 Å². The molecule has 4 heteroatoms. The summed E-state index contributed by atoms with van der Waals surface area (Å²) in [6, 6.07) is 16.5. The molecule has 120 valence electrons. The van der Waals surface area contributed by atoms with Crippen LogP contribution in [0, 0.1) is 0 Å². The number of hydrogen-bond acceptors (Lipinski definition) is 1. The van der Waals surface area contributed by atoms with Crippen LogP contribution in [-0.2, 0) is 11.2 Å². The Kier molecular flexibility index (Phi) is 4.69. The molecule has 0 aromatic heterocycles. The molecule has 2 aromatic carbocycles. The third-order valence-corrected chi connectivity index (χ3v) is 4.77. The predicted octanol–water partition coefficient (Wildman–Crippen LogP) is 2.94. The van der Waals surface area contributed by atoms with Gasteiger partial charge in [-0.2, -0.15) is 0 Å². The standard InChI is InChI=1S/C19H21ClN2O/c1-13-11-16-5-3-4-6-18(16)22(13)19(23)12-21-14(2)15-7-9-17(20)10-8-15/h3-10,13-14,21H,11-12H2,1-2H3/p+1/t13-,14+/m1/s1. The molecule has 0 fully saturated rings. The summed E-state index contributed by atoms with van der Waals surface area (Å²) in [5.74, 6) is 0.170. The molecule has 1 amide bonds. The molecule has 2 N–H and O–H groups in total. The molecular formula is C19H22ClN2O+. The van der Waals surface area contributed by atoms with Crippen molar-refractivity contribution < 1.29 is 10.1 Å². The lowest BCUT2D eigenvalue weighted by atomic mass is 10.1. The van der Waals surface area contributed by atoms with E-state index in [0.29, 0.717) is 6.54 Å². The van der Waals surface area contributed by atoms with Crippen LogP contribution in [-0.4, -0.2) is 18.5 Å². The number of amides is 1. The summed E-state index contributed by atoms with van der Waals surface area (Å²) in [6.07, 6.45) is 0.939. The van der Waals surface area contributed by atoms with Gasteiger partial charge in [0, 0.05) is 22.3 Å². The smallest absolute Gasteiger partial charge is 0.282 e. The summed E-state index contributed by atoms with van der Waals surface area (Å²) >= 11 is 5.92. The van der Waals surface area contributed by atoms with Gasteiger partial charge in [-0.15, -0.1) is 0 Å². The zero-order valence-corrected chi connectivity index (χ0v) is 14.3. The van der Waals surface area contributed by atoms with Gasteiger partial charge < -0.3 is 10.2 Å². The molecule has 0 aliphatic carbocycles. The zero-order chi connectivity index (χ0) is 16.4. The number of benzene rings is 2. The van der Waals surface area contributed by atoms with Crippen LogP contribution >= 0.6 is 11.6 Å². The Labute approximate surface area is 142 Å². The predicted molar refractivity (Wildman–Crippen MR) is 93.8 cm³/mol. The SMILES string of the molecule is C[C@H]([NH2+]CC(=O)N1c2ccccc2C[C@H]1C)c1ccc(Cl)cc1. The number of carbonyl (C=O) groups is 1. The van der Waals surface area contributed by atoms with Crippen molar-refractivity contribution in [3.05, 3.63) is 64.7 Å². The fraction of sp³-hybridized carbons (Fsp3) is 0.316. The Morgan fingerprint density at radius 2 is 1.96 bits per heavy atom. The molecule has 1 aliphatic rings. The molecule has 0 saturated heterocycles. The van der Waals surface area contributed by atoms with Gasteiger partial charge in [0.05, 0.1) is 0 Å². The molecule has 0 radical (unpaired) electrons. The number of fused-ring (bicyclic) bond motifs is 1. The Balaban J connectivity index is 1.64. The van der Waals surface area contributed by atoms with Gasteiger partial charge in [0.2, 0.25) is 0 Å². The maximum atomic E-state index is 12.7. The summed E-state index contributed by atoms with van der Waals surface area (Å²) < 4.78 is 0. The second-order valence-corrected chi connectivity index (χ2v) is 6.66. The Hall–Kier alpha value is -1.84. The molecule has 0 unspecified atom stereocenters. The second-order valence-electron chi connectivity index (χ2n) is 6.23. The first-order chi connectivity index (χ1) is 11.1. The van der Waals surface area contributed by atoms with Gasteiger partial charge in [0.25, 0.3) is 5.91 Å². The van der Waals surface area contributed by atoms with Gasteiger partial charge in [-0.1, -0.05) is 41.9 Å². The van der Waals surface area contributed by atoms with E-state index in [4.69, 9.17) is 11.6 Å². The van der Waals surface area contributed by atoms with Crippen LogP contribution in [0.4, 0.5) is 5.69 Å². The van der Waals surface area contributed by atoms with Crippen molar-refractivity contribution in [3.63, 3.8) is 0 Å². The number of anilines is 1. The highest BCUT2D eigenvalue weighted by molar-refractivity contribution is 6.30. The van der Waals surface area contributed by atoms with Crippen LogP contribution in [0.3, 0.4) is 0 Å². The quantitative estimate of drug-likeness (QED) is 0.920. The van der Waals surface area contributed by atoms with Gasteiger partial charge in [0.15, 0.2) is 6.54 Å². The van der Waals surface area contributed by atoms with Gasteiger partial charge in [0.1, 0.15) is 6.04 Å². The number of hydrogen-bond donors (Lipinski definition) is 1. The molecular weight excluding hydrogens is 308 g/mol. The minimum Gasteiger partial charge on any atom is -0.333 e. The van der Waals surface area contributed by atoms with E-state index in [0.717, 1.165) is 17.1 Å². The van der Waals surface area contributed by atoms with E-state index in [1.807, 2.05) is 47.4 Å². The monoisotopic (exact) mass is 329 g/mol. The number of nitrogens with two attached hydrogens (primary N) is 1. The van der Waals surface area contributed by atoms with Crippen LogP contribution in [0.1, 0.15) is 31.0 Å². The molecule has 0 spiro atoms. The molecule has 23 heavy (non-hydrogen) atoms. The maximum absolute atomic E-state index is 12.7. The van der Waals surface area contributed by atoms with E-state index in [9.17, 15) is 4.79 Å². The van der Waals surface area contributed by atoms with E-state index >= 15 is 0 Å². The van der Waals surface area contributed by atoms with Crippen molar-refractivity contribution >= 4 is 23.2 Å². The number of nitrogens with zero attached hydrogens (tertiary/aromatic N) is 1.